The zero-order chi connectivity index (χ0) is 9.19. The van der Waals surface area contributed by atoms with E-state index >= 15 is 0 Å². The summed E-state index contributed by atoms with van der Waals surface area (Å²) in [5, 5.41) is 0. The molecule has 1 aliphatic carbocycles. The van der Waals surface area contributed by atoms with Crippen molar-refractivity contribution in [3.8, 4) is 0 Å². The summed E-state index contributed by atoms with van der Waals surface area (Å²) in [4.78, 5) is 0. The summed E-state index contributed by atoms with van der Waals surface area (Å²) >= 11 is 0. The smallest absolute Gasteiger partial charge is 0.00206 e. The molecule has 0 radical (unpaired) electrons. The predicted octanol–water partition coefficient (Wildman–Crippen LogP) is 1.35. The molecule has 0 amide bonds. The monoisotopic (exact) mass is 170 g/mol. The van der Waals surface area contributed by atoms with Gasteiger partial charge in [-0.1, -0.05) is 13.8 Å². The van der Waals surface area contributed by atoms with Crippen LogP contribution >= 0.6 is 0 Å². The van der Waals surface area contributed by atoms with E-state index in [-0.39, 0.29) is 0 Å². The van der Waals surface area contributed by atoms with Gasteiger partial charge >= 0.3 is 0 Å². The molecule has 0 saturated heterocycles. The van der Waals surface area contributed by atoms with E-state index < -0.39 is 0 Å². The quantitative estimate of drug-likeness (QED) is 0.657. The molecule has 72 valence electrons. The normalized spacial score (nSPS) is 43.0. The van der Waals surface area contributed by atoms with Crippen LogP contribution in [0, 0.1) is 17.3 Å². The van der Waals surface area contributed by atoms with Crippen LogP contribution in [-0.4, -0.2) is 13.1 Å². The van der Waals surface area contributed by atoms with Gasteiger partial charge in [-0.3, -0.25) is 0 Å². The molecule has 0 aromatic heterocycles. The number of nitrogens with two attached hydrogens (primary N) is 2. The van der Waals surface area contributed by atoms with Gasteiger partial charge in [0.1, 0.15) is 0 Å². The molecule has 1 aliphatic rings. The van der Waals surface area contributed by atoms with Crippen LogP contribution in [0.25, 0.3) is 0 Å². The van der Waals surface area contributed by atoms with Crippen molar-refractivity contribution >= 4 is 0 Å². The van der Waals surface area contributed by atoms with Gasteiger partial charge < -0.3 is 11.5 Å². The van der Waals surface area contributed by atoms with E-state index in [1.165, 1.54) is 19.3 Å². The first-order valence-corrected chi connectivity index (χ1v) is 5.02. The minimum Gasteiger partial charge on any atom is -0.330 e. The molecular weight excluding hydrogens is 148 g/mol. The Morgan fingerprint density at radius 3 is 2.50 bits per heavy atom. The van der Waals surface area contributed by atoms with Gasteiger partial charge in [0.05, 0.1) is 0 Å². The van der Waals surface area contributed by atoms with E-state index in [1.54, 1.807) is 0 Å². The third kappa shape index (κ3) is 1.80. The summed E-state index contributed by atoms with van der Waals surface area (Å²) in [6.07, 6.45) is 3.80. The minimum absolute atomic E-state index is 0.381. The van der Waals surface area contributed by atoms with Crippen LogP contribution in [0.4, 0.5) is 0 Å². The highest BCUT2D eigenvalue weighted by molar-refractivity contribution is 4.87. The van der Waals surface area contributed by atoms with Crippen molar-refractivity contribution in [2.75, 3.05) is 13.1 Å². The van der Waals surface area contributed by atoms with Crippen LogP contribution in [0.15, 0.2) is 0 Å². The van der Waals surface area contributed by atoms with Gasteiger partial charge in [-0.25, -0.2) is 0 Å². The molecule has 0 heterocycles. The Balaban J connectivity index is 2.53. The first-order valence-electron chi connectivity index (χ1n) is 5.02. The molecule has 2 nitrogen and oxygen atoms in total. The Labute approximate surface area is 75.7 Å². The van der Waals surface area contributed by atoms with Gasteiger partial charge in [0.25, 0.3) is 0 Å². The Hall–Kier alpha value is -0.0800. The van der Waals surface area contributed by atoms with E-state index in [0.717, 1.165) is 24.9 Å². The SMILES string of the molecule is CC1CC(CN)CCC1(C)CN. The van der Waals surface area contributed by atoms with E-state index in [0.29, 0.717) is 5.41 Å². The molecule has 0 aromatic rings. The highest BCUT2D eigenvalue weighted by Crippen LogP contribution is 2.41. The maximum absolute atomic E-state index is 5.78. The van der Waals surface area contributed by atoms with E-state index in [9.17, 15) is 0 Å². The fourth-order valence-electron chi connectivity index (χ4n) is 2.20. The lowest BCUT2D eigenvalue weighted by Gasteiger charge is -2.42. The summed E-state index contributed by atoms with van der Waals surface area (Å²) in [5.41, 5.74) is 11.8. The molecule has 12 heavy (non-hydrogen) atoms. The summed E-state index contributed by atoms with van der Waals surface area (Å²) in [6.45, 7) is 6.30. The van der Waals surface area contributed by atoms with Gasteiger partial charge in [0, 0.05) is 0 Å². The molecule has 0 spiro atoms. The number of rotatable bonds is 2. The zero-order valence-electron chi connectivity index (χ0n) is 8.34. The Morgan fingerprint density at radius 2 is 2.08 bits per heavy atom. The minimum atomic E-state index is 0.381. The summed E-state index contributed by atoms with van der Waals surface area (Å²) in [6, 6.07) is 0. The molecule has 1 saturated carbocycles. The predicted molar refractivity (Wildman–Crippen MR) is 52.7 cm³/mol. The lowest BCUT2D eigenvalue weighted by molar-refractivity contribution is 0.104. The first-order chi connectivity index (χ1) is 5.62. The van der Waals surface area contributed by atoms with Crippen molar-refractivity contribution in [1.29, 1.82) is 0 Å². The van der Waals surface area contributed by atoms with Gasteiger partial charge in [-0.05, 0) is 49.6 Å². The molecule has 2 heteroatoms. The molecule has 0 bridgehead atoms. The van der Waals surface area contributed by atoms with Crippen molar-refractivity contribution < 1.29 is 0 Å². The highest BCUT2D eigenvalue weighted by Gasteiger charge is 2.35. The number of hydrogen-bond acceptors (Lipinski definition) is 2. The molecule has 0 aliphatic heterocycles. The second kappa shape index (κ2) is 3.75. The Morgan fingerprint density at radius 1 is 1.42 bits per heavy atom. The molecule has 1 rings (SSSR count). The largest absolute Gasteiger partial charge is 0.330 e. The van der Waals surface area contributed by atoms with Crippen LogP contribution in [0.1, 0.15) is 33.1 Å². The van der Waals surface area contributed by atoms with Crippen LogP contribution < -0.4 is 11.5 Å². The van der Waals surface area contributed by atoms with Crippen molar-refractivity contribution in [3.63, 3.8) is 0 Å². The second-order valence-corrected chi connectivity index (χ2v) is 4.64. The Kier molecular flexibility index (Phi) is 3.13. The molecule has 3 unspecified atom stereocenters. The van der Waals surface area contributed by atoms with Gasteiger partial charge in [-0.15, -0.1) is 0 Å². The topological polar surface area (TPSA) is 52.0 Å². The molecule has 1 fully saturated rings. The zero-order valence-corrected chi connectivity index (χ0v) is 8.34. The van der Waals surface area contributed by atoms with Gasteiger partial charge in [0.15, 0.2) is 0 Å². The standard InChI is InChI=1S/C10H22N2/c1-8-5-9(6-11)3-4-10(8,2)7-12/h8-9H,3-7,11-12H2,1-2H3. The maximum atomic E-state index is 5.78. The summed E-state index contributed by atoms with van der Waals surface area (Å²) in [7, 11) is 0. The third-order valence-corrected chi connectivity index (χ3v) is 3.80. The lowest BCUT2D eigenvalue weighted by Crippen LogP contribution is -2.40. The van der Waals surface area contributed by atoms with Crippen molar-refractivity contribution in [2.45, 2.75) is 33.1 Å². The van der Waals surface area contributed by atoms with Crippen LogP contribution in [-0.2, 0) is 0 Å². The van der Waals surface area contributed by atoms with Crippen LogP contribution in [0.2, 0.25) is 0 Å². The second-order valence-electron chi connectivity index (χ2n) is 4.64. The summed E-state index contributed by atoms with van der Waals surface area (Å²) in [5.74, 6) is 1.49. The fraction of sp³-hybridized carbons (Fsp3) is 1.00. The highest BCUT2D eigenvalue weighted by atomic mass is 14.6. The fourth-order valence-corrected chi connectivity index (χ4v) is 2.20. The van der Waals surface area contributed by atoms with E-state index in [1.807, 2.05) is 0 Å². The van der Waals surface area contributed by atoms with Crippen molar-refractivity contribution in [1.82, 2.24) is 0 Å². The number of hydrogen-bond donors (Lipinski definition) is 2. The lowest BCUT2D eigenvalue weighted by atomic mass is 9.65. The maximum Gasteiger partial charge on any atom is -0.00206 e. The van der Waals surface area contributed by atoms with Crippen molar-refractivity contribution in [3.05, 3.63) is 0 Å². The van der Waals surface area contributed by atoms with Crippen molar-refractivity contribution in [2.24, 2.45) is 28.7 Å². The molecule has 3 atom stereocenters. The van der Waals surface area contributed by atoms with Crippen LogP contribution in [0.3, 0.4) is 0 Å². The first kappa shape index (κ1) is 10.0. The summed E-state index contributed by atoms with van der Waals surface area (Å²) < 4.78 is 0. The Bertz CT molecular complexity index is 147. The van der Waals surface area contributed by atoms with E-state index in [2.05, 4.69) is 13.8 Å². The average Bonchev–Trinajstić information content (AvgIpc) is 2.10. The van der Waals surface area contributed by atoms with Crippen LogP contribution in [0.5, 0.6) is 0 Å². The molecule has 4 N–H and O–H groups in total. The van der Waals surface area contributed by atoms with E-state index in [4.69, 9.17) is 11.5 Å². The van der Waals surface area contributed by atoms with Gasteiger partial charge in [0.2, 0.25) is 0 Å². The average molecular weight is 170 g/mol. The van der Waals surface area contributed by atoms with Gasteiger partial charge in [-0.2, -0.15) is 0 Å². The molecule has 0 aromatic carbocycles. The third-order valence-electron chi connectivity index (χ3n) is 3.80. The molecular formula is C10H22N2.